The van der Waals surface area contributed by atoms with Gasteiger partial charge in [0.15, 0.2) is 5.78 Å². The van der Waals surface area contributed by atoms with Gasteiger partial charge in [-0.3, -0.25) is 14.6 Å². The first-order valence-corrected chi connectivity index (χ1v) is 7.09. The Kier molecular flexibility index (Phi) is 4.61. The number of halogens is 1. The van der Waals surface area contributed by atoms with Crippen molar-refractivity contribution in [3.05, 3.63) is 34.9 Å². The van der Waals surface area contributed by atoms with Crippen LogP contribution >= 0.6 is 11.6 Å². The molecular formula is C15H21ClN2O. The smallest absolute Gasteiger partial charge is 0.178 e. The molecular weight excluding hydrogens is 260 g/mol. The molecule has 19 heavy (non-hydrogen) atoms. The van der Waals surface area contributed by atoms with Crippen LogP contribution in [0.25, 0.3) is 0 Å². The van der Waals surface area contributed by atoms with Gasteiger partial charge in [0.2, 0.25) is 0 Å². The van der Waals surface area contributed by atoms with Crippen LogP contribution in [0, 0.1) is 0 Å². The highest BCUT2D eigenvalue weighted by Crippen LogP contribution is 2.18. The summed E-state index contributed by atoms with van der Waals surface area (Å²) in [5, 5.41) is 0.544. The predicted molar refractivity (Wildman–Crippen MR) is 78.9 cm³/mol. The van der Waals surface area contributed by atoms with E-state index in [0.29, 0.717) is 29.2 Å². The van der Waals surface area contributed by atoms with Crippen LogP contribution in [0.3, 0.4) is 0 Å². The summed E-state index contributed by atoms with van der Waals surface area (Å²) in [7, 11) is 2.14. The van der Waals surface area contributed by atoms with Gasteiger partial charge in [0.1, 0.15) is 0 Å². The van der Waals surface area contributed by atoms with Gasteiger partial charge in [-0.15, -0.1) is 0 Å². The number of carbonyl (C=O) groups excluding carboxylic acids is 1. The van der Waals surface area contributed by atoms with Crippen molar-refractivity contribution in [1.82, 2.24) is 9.80 Å². The first-order chi connectivity index (χ1) is 8.99. The summed E-state index contributed by atoms with van der Waals surface area (Å²) in [6, 6.07) is 8.22. The summed E-state index contributed by atoms with van der Waals surface area (Å²) < 4.78 is 0. The maximum atomic E-state index is 12.3. The summed E-state index contributed by atoms with van der Waals surface area (Å²) in [5.74, 6) is 0.106. The van der Waals surface area contributed by atoms with Crippen LogP contribution in [0.2, 0.25) is 5.02 Å². The normalized spacial score (nSPS) is 25.5. The second-order valence-electron chi connectivity index (χ2n) is 5.46. The van der Waals surface area contributed by atoms with Gasteiger partial charge in [-0.25, -0.2) is 0 Å². The fourth-order valence-corrected chi connectivity index (χ4v) is 2.86. The van der Waals surface area contributed by atoms with E-state index in [1.165, 1.54) is 0 Å². The lowest BCUT2D eigenvalue weighted by Crippen LogP contribution is -2.55. The molecule has 0 spiro atoms. The third kappa shape index (κ3) is 3.35. The highest BCUT2D eigenvalue weighted by Gasteiger charge is 2.27. The van der Waals surface area contributed by atoms with Crippen molar-refractivity contribution in [1.29, 1.82) is 0 Å². The number of likely N-dealkylation sites (N-methyl/N-ethyl adjacent to an activating group) is 1. The molecule has 0 bridgehead atoms. The van der Waals surface area contributed by atoms with E-state index in [2.05, 4.69) is 30.7 Å². The number of ketones is 1. The quantitative estimate of drug-likeness (QED) is 0.795. The summed E-state index contributed by atoms with van der Waals surface area (Å²) in [6.45, 7) is 6.70. The van der Waals surface area contributed by atoms with E-state index in [9.17, 15) is 4.79 Å². The SMILES string of the molecule is CC1CN(CC(=O)c2ccccc2Cl)CC(C)N1C. The van der Waals surface area contributed by atoms with Crippen LogP contribution in [0.1, 0.15) is 24.2 Å². The van der Waals surface area contributed by atoms with E-state index >= 15 is 0 Å². The zero-order chi connectivity index (χ0) is 14.0. The molecule has 0 N–H and O–H groups in total. The van der Waals surface area contributed by atoms with E-state index < -0.39 is 0 Å². The number of nitrogens with zero attached hydrogens (tertiary/aromatic N) is 2. The summed E-state index contributed by atoms with van der Waals surface area (Å²) in [4.78, 5) is 16.9. The topological polar surface area (TPSA) is 23.6 Å². The van der Waals surface area contributed by atoms with E-state index in [1.54, 1.807) is 12.1 Å². The lowest BCUT2D eigenvalue weighted by molar-refractivity contribution is 0.0549. The van der Waals surface area contributed by atoms with Gasteiger partial charge in [0.25, 0.3) is 0 Å². The Bertz CT molecular complexity index is 451. The number of hydrogen-bond donors (Lipinski definition) is 0. The van der Waals surface area contributed by atoms with Crippen LogP contribution < -0.4 is 0 Å². The molecule has 104 valence electrons. The molecule has 1 saturated heterocycles. The molecule has 1 aromatic carbocycles. The number of hydrogen-bond acceptors (Lipinski definition) is 3. The molecule has 2 unspecified atom stereocenters. The fourth-order valence-electron chi connectivity index (χ4n) is 2.62. The Labute approximate surface area is 120 Å². The average molecular weight is 281 g/mol. The number of piperazine rings is 1. The maximum Gasteiger partial charge on any atom is 0.178 e. The van der Waals surface area contributed by atoms with Crippen LogP contribution in [-0.4, -0.2) is 54.3 Å². The monoisotopic (exact) mass is 280 g/mol. The van der Waals surface area contributed by atoms with Crippen molar-refractivity contribution in [3.63, 3.8) is 0 Å². The standard InChI is InChI=1S/C15H21ClN2O/c1-11-8-18(9-12(2)17(11)3)10-15(19)13-6-4-5-7-14(13)16/h4-7,11-12H,8-10H2,1-3H3. The van der Waals surface area contributed by atoms with Gasteiger partial charge in [-0.1, -0.05) is 23.7 Å². The molecule has 0 saturated carbocycles. The van der Waals surface area contributed by atoms with Crippen molar-refractivity contribution in [2.45, 2.75) is 25.9 Å². The maximum absolute atomic E-state index is 12.3. The van der Waals surface area contributed by atoms with Gasteiger partial charge >= 0.3 is 0 Å². The van der Waals surface area contributed by atoms with E-state index in [4.69, 9.17) is 11.6 Å². The van der Waals surface area contributed by atoms with Crippen LogP contribution in [0.15, 0.2) is 24.3 Å². The molecule has 0 aliphatic carbocycles. The van der Waals surface area contributed by atoms with Crippen LogP contribution in [0.5, 0.6) is 0 Å². The fraction of sp³-hybridized carbons (Fsp3) is 0.533. The van der Waals surface area contributed by atoms with Crippen LogP contribution in [-0.2, 0) is 0 Å². The minimum atomic E-state index is 0.106. The Morgan fingerprint density at radius 3 is 2.42 bits per heavy atom. The molecule has 1 aliphatic rings. The van der Waals surface area contributed by atoms with Crippen molar-refractivity contribution in [2.75, 3.05) is 26.7 Å². The van der Waals surface area contributed by atoms with Crippen LogP contribution in [0.4, 0.5) is 0 Å². The molecule has 2 rings (SSSR count). The highest BCUT2D eigenvalue weighted by atomic mass is 35.5. The minimum absolute atomic E-state index is 0.106. The first kappa shape index (κ1) is 14.5. The number of benzene rings is 1. The van der Waals surface area contributed by atoms with E-state index in [0.717, 1.165) is 13.1 Å². The van der Waals surface area contributed by atoms with Crippen molar-refractivity contribution in [2.24, 2.45) is 0 Å². The molecule has 0 aromatic heterocycles. The van der Waals surface area contributed by atoms with Gasteiger partial charge in [0.05, 0.1) is 11.6 Å². The summed E-state index contributed by atoms with van der Waals surface area (Å²) in [6.07, 6.45) is 0. The number of rotatable bonds is 3. The van der Waals surface area contributed by atoms with Crippen molar-refractivity contribution in [3.8, 4) is 0 Å². The first-order valence-electron chi connectivity index (χ1n) is 6.71. The second kappa shape index (κ2) is 6.04. The molecule has 1 aromatic rings. The third-order valence-electron chi connectivity index (χ3n) is 3.98. The lowest BCUT2D eigenvalue weighted by Gasteiger charge is -2.42. The van der Waals surface area contributed by atoms with Gasteiger partial charge in [0, 0.05) is 30.7 Å². The third-order valence-corrected chi connectivity index (χ3v) is 4.31. The Morgan fingerprint density at radius 1 is 1.26 bits per heavy atom. The van der Waals surface area contributed by atoms with Crippen molar-refractivity contribution >= 4 is 17.4 Å². The Hall–Kier alpha value is -0.900. The van der Waals surface area contributed by atoms with Crippen molar-refractivity contribution < 1.29 is 4.79 Å². The predicted octanol–water partition coefficient (Wildman–Crippen LogP) is 2.55. The molecule has 1 heterocycles. The Balaban J connectivity index is 2.02. The van der Waals surface area contributed by atoms with E-state index in [-0.39, 0.29) is 5.78 Å². The lowest BCUT2D eigenvalue weighted by atomic mass is 10.1. The highest BCUT2D eigenvalue weighted by molar-refractivity contribution is 6.34. The Morgan fingerprint density at radius 2 is 1.84 bits per heavy atom. The molecule has 2 atom stereocenters. The van der Waals surface area contributed by atoms with Gasteiger partial charge in [-0.05, 0) is 33.0 Å². The van der Waals surface area contributed by atoms with E-state index in [1.807, 2.05) is 12.1 Å². The molecule has 1 fully saturated rings. The largest absolute Gasteiger partial charge is 0.298 e. The second-order valence-corrected chi connectivity index (χ2v) is 5.87. The molecule has 3 nitrogen and oxygen atoms in total. The molecule has 0 radical (unpaired) electrons. The van der Waals surface area contributed by atoms with Gasteiger partial charge < -0.3 is 0 Å². The zero-order valence-corrected chi connectivity index (χ0v) is 12.5. The summed E-state index contributed by atoms with van der Waals surface area (Å²) >= 11 is 6.07. The summed E-state index contributed by atoms with van der Waals surface area (Å²) in [5.41, 5.74) is 0.628. The number of Topliss-reactive ketones (excluding diaryl/α,β-unsaturated/α-hetero) is 1. The van der Waals surface area contributed by atoms with Gasteiger partial charge in [-0.2, -0.15) is 0 Å². The zero-order valence-electron chi connectivity index (χ0n) is 11.8. The minimum Gasteiger partial charge on any atom is -0.298 e. The number of carbonyl (C=O) groups is 1. The molecule has 4 heteroatoms. The molecule has 0 amide bonds. The average Bonchev–Trinajstić information content (AvgIpc) is 2.36. The molecule has 1 aliphatic heterocycles.